The highest BCUT2D eigenvalue weighted by molar-refractivity contribution is 5.99. The van der Waals surface area contributed by atoms with Crippen molar-refractivity contribution in [3.05, 3.63) is 94.8 Å². The number of rotatable bonds is 8. The van der Waals surface area contributed by atoms with Gasteiger partial charge in [-0.1, -0.05) is 12.1 Å². The van der Waals surface area contributed by atoms with E-state index in [0.29, 0.717) is 51.0 Å². The highest BCUT2D eigenvalue weighted by atomic mass is 19.1. The van der Waals surface area contributed by atoms with Crippen molar-refractivity contribution >= 4 is 23.3 Å². The fourth-order valence-corrected chi connectivity index (χ4v) is 6.68. The number of ketones is 1. The van der Waals surface area contributed by atoms with Crippen LogP contribution in [0, 0.1) is 17.2 Å². The van der Waals surface area contributed by atoms with Crippen LogP contribution in [0.3, 0.4) is 0 Å². The number of likely N-dealkylation sites (tertiary alicyclic amines) is 2. The number of halogens is 1. The standard InChI is InChI=1S/C36H39FN6O3/c37-31-24-41(23-26-5-3-25(21-38)4-6-26)18-15-32(31)40-35(45)29-9-12-33(39-22-29)36(46)43-19-13-28(14-20-43)34(44)27-7-10-30(11-8-27)42-16-1-2-17-42/h3-12,22,28,31-32H,1-2,13-20,23-24H2,(H,40,45)/t31-,32-/m1/s1. The fourth-order valence-electron chi connectivity index (χ4n) is 6.68. The van der Waals surface area contributed by atoms with E-state index < -0.39 is 18.1 Å². The van der Waals surface area contributed by atoms with Crippen LogP contribution in [0.25, 0.3) is 0 Å². The summed E-state index contributed by atoms with van der Waals surface area (Å²) in [6, 6.07) is 19.7. The molecule has 3 aliphatic rings. The Bertz CT molecular complexity index is 1570. The van der Waals surface area contributed by atoms with Crippen molar-refractivity contribution in [3.63, 3.8) is 0 Å². The van der Waals surface area contributed by atoms with Gasteiger partial charge in [-0.2, -0.15) is 5.26 Å². The zero-order valence-corrected chi connectivity index (χ0v) is 25.9. The second-order valence-corrected chi connectivity index (χ2v) is 12.5. The van der Waals surface area contributed by atoms with E-state index in [1.807, 2.05) is 41.3 Å². The van der Waals surface area contributed by atoms with Gasteiger partial charge in [-0.15, -0.1) is 0 Å². The van der Waals surface area contributed by atoms with Crippen LogP contribution in [-0.2, 0) is 6.54 Å². The third-order valence-electron chi connectivity index (χ3n) is 9.45. The Morgan fingerprint density at radius 3 is 2.20 bits per heavy atom. The average molecular weight is 623 g/mol. The number of amides is 2. The van der Waals surface area contributed by atoms with Gasteiger partial charge in [0.25, 0.3) is 11.8 Å². The number of hydrogen-bond acceptors (Lipinski definition) is 7. The van der Waals surface area contributed by atoms with Crippen molar-refractivity contribution in [2.24, 2.45) is 5.92 Å². The molecular formula is C36H39FN6O3. The van der Waals surface area contributed by atoms with E-state index in [9.17, 15) is 14.4 Å². The van der Waals surface area contributed by atoms with Gasteiger partial charge < -0.3 is 15.1 Å². The lowest BCUT2D eigenvalue weighted by atomic mass is 9.88. The number of pyridine rings is 1. The molecule has 0 spiro atoms. The van der Waals surface area contributed by atoms with Gasteiger partial charge in [0.05, 0.1) is 23.2 Å². The smallest absolute Gasteiger partial charge is 0.272 e. The summed E-state index contributed by atoms with van der Waals surface area (Å²) in [4.78, 5) is 49.5. The Kier molecular flexibility index (Phi) is 9.69. The van der Waals surface area contributed by atoms with Crippen LogP contribution in [0.15, 0.2) is 66.9 Å². The summed E-state index contributed by atoms with van der Waals surface area (Å²) in [6.07, 6.45) is 4.20. The lowest BCUT2D eigenvalue weighted by Crippen LogP contribution is -2.52. The second kappa shape index (κ2) is 14.2. The van der Waals surface area contributed by atoms with Crippen molar-refractivity contribution in [3.8, 4) is 6.07 Å². The van der Waals surface area contributed by atoms with Gasteiger partial charge in [0.15, 0.2) is 5.78 Å². The molecule has 0 unspecified atom stereocenters. The zero-order chi connectivity index (χ0) is 32.0. The third kappa shape index (κ3) is 7.26. The normalized spacial score (nSPS) is 20.7. The number of benzene rings is 2. The van der Waals surface area contributed by atoms with Crippen LogP contribution in [0.4, 0.5) is 10.1 Å². The highest BCUT2D eigenvalue weighted by Crippen LogP contribution is 2.26. The van der Waals surface area contributed by atoms with Gasteiger partial charge in [0, 0.05) is 69.2 Å². The molecule has 1 aromatic heterocycles. The minimum absolute atomic E-state index is 0.122. The van der Waals surface area contributed by atoms with E-state index in [1.165, 1.54) is 25.1 Å². The Hall–Kier alpha value is -4.62. The molecule has 0 saturated carbocycles. The average Bonchev–Trinajstić information content (AvgIpc) is 3.65. The van der Waals surface area contributed by atoms with Gasteiger partial charge in [0.2, 0.25) is 0 Å². The van der Waals surface area contributed by atoms with Crippen LogP contribution >= 0.6 is 0 Å². The van der Waals surface area contributed by atoms with E-state index in [0.717, 1.165) is 29.9 Å². The molecular weight excluding hydrogens is 583 g/mol. The number of nitrogens with zero attached hydrogens (tertiary/aromatic N) is 5. The van der Waals surface area contributed by atoms with E-state index in [2.05, 4.69) is 21.3 Å². The first kappa shape index (κ1) is 31.4. The Morgan fingerprint density at radius 1 is 0.870 bits per heavy atom. The number of carbonyl (C=O) groups is 3. The number of carbonyl (C=O) groups excluding carboxylic acids is 3. The molecule has 1 N–H and O–H groups in total. The Morgan fingerprint density at radius 2 is 1.57 bits per heavy atom. The monoisotopic (exact) mass is 622 g/mol. The number of nitriles is 1. The van der Waals surface area contributed by atoms with Crippen molar-refractivity contribution in [1.82, 2.24) is 20.1 Å². The van der Waals surface area contributed by atoms with Crippen molar-refractivity contribution in [2.45, 2.75) is 50.9 Å². The van der Waals surface area contributed by atoms with Crippen LogP contribution in [0.1, 0.15) is 74.4 Å². The minimum atomic E-state index is -1.23. The molecule has 3 aromatic rings. The van der Waals surface area contributed by atoms with Gasteiger partial charge in [-0.3, -0.25) is 24.3 Å². The van der Waals surface area contributed by atoms with E-state index in [4.69, 9.17) is 5.26 Å². The Balaban J connectivity index is 0.957. The number of hydrogen-bond donors (Lipinski definition) is 1. The third-order valence-corrected chi connectivity index (χ3v) is 9.45. The molecule has 3 saturated heterocycles. The number of piperidine rings is 2. The molecule has 9 nitrogen and oxygen atoms in total. The highest BCUT2D eigenvalue weighted by Gasteiger charge is 2.32. The fraction of sp³-hybridized carbons (Fsp3) is 0.417. The molecule has 46 heavy (non-hydrogen) atoms. The van der Waals surface area contributed by atoms with Crippen molar-refractivity contribution in [2.75, 3.05) is 44.2 Å². The molecule has 3 aliphatic heterocycles. The van der Waals surface area contributed by atoms with Crippen LogP contribution in [0.2, 0.25) is 0 Å². The van der Waals surface area contributed by atoms with Gasteiger partial charge in [0.1, 0.15) is 11.9 Å². The lowest BCUT2D eigenvalue weighted by molar-refractivity contribution is 0.0645. The number of anilines is 1. The molecule has 0 aliphatic carbocycles. The summed E-state index contributed by atoms with van der Waals surface area (Å²) in [5.41, 5.74) is 3.97. The SMILES string of the molecule is N#Cc1ccc(CN2CC[C@@H](NC(=O)c3ccc(C(=O)N4CCC(C(=O)c5ccc(N6CCCC6)cc5)CC4)nc3)[C@H](F)C2)cc1. The Labute approximate surface area is 269 Å². The van der Waals surface area contributed by atoms with Gasteiger partial charge >= 0.3 is 0 Å². The molecule has 3 fully saturated rings. The summed E-state index contributed by atoms with van der Waals surface area (Å²) in [5, 5.41) is 11.8. The molecule has 0 bridgehead atoms. The largest absolute Gasteiger partial charge is 0.372 e. The minimum Gasteiger partial charge on any atom is -0.372 e. The first-order chi connectivity index (χ1) is 22.4. The summed E-state index contributed by atoms with van der Waals surface area (Å²) in [7, 11) is 0. The maximum atomic E-state index is 15.0. The number of Topliss-reactive ketones (excluding diaryl/α,β-unsaturated/α-hetero) is 1. The molecule has 2 aromatic carbocycles. The van der Waals surface area contributed by atoms with Crippen LogP contribution < -0.4 is 10.2 Å². The van der Waals surface area contributed by atoms with E-state index in [1.54, 1.807) is 23.1 Å². The first-order valence-electron chi connectivity index (χ1n) is 16.2. The van der Waals surface area contributed by atoms with Crippen molar-refractivity contribution < 1.29 is 18.8 Å². The first-order valence-corrected chi connectivity index (χ1v) is 16.2. The summed E-state index contributed by atoms with van der Waals surface area (Å²) >= 11 is 0. The molecule has 2 amide bonds. The zero-order valence-electron chi connectivity index (χ0n) is 25.9. The maximum Gasteiger partial charge on any atom is 0.272 e. The maximum absolute atomic E-state index is 15.0. The van der Waals surface area contributed by atoms with Crippen LogP contribution in [0.5, 0.6) is 0 Å². The summed E-state index contributed by atoms with van der Waals surface area (Å²) in [6.45, 7) is 4.46. The molecule has 2 atom stereocenters. The second-order valence-electron chi connectivity index (χ2n) is 12.5. The van der Waals surface area contributed by atoms with E-state index in [-0.39, 0.29) is 35.4 Å². The van der Waals surface area contributed by atoms with E-state index >= 15 is 4.39 Å². The quantitative estimate of drug-likeness (QED) is 0.365. The molecule has 238 valence electrons. The molecule has 10 heteroatoms. The summed E-state index contributed by atoms with van der Waals surface area (Å²) < 4.78 is 15.0. The van der Waals surface area contributed by atoms with Gasteiger partial charge in [-0.05, 0) is 86.2 Å². The van der Waals surface area contributed by atoms with Crippen molar-refractivity contribution in [1.29, 1.82) is 5.26 Å². The van der Waals surface area contributed by atoms with Gasteiger partial charge in [-0.25, -0.2) is 4.39 Å². The number of alkyl halides is 1. The predicted octanol–water partition coefficient (Wildman–Crippen LogP) is 4.63. The number of nitrogens with one attached hydrogen (secondary N) is 1. The molecule has 4 heterocycles. The predicted molar refractivity (Wildman–Crippen MR) is 172 cm³/mol. The van der Waals surface area contributed by atoms with Crippen LogP contribution in [-0.4, -0.2) is 83.9 Å². The lowest BCUT2D eigenvalue weighted by Gasteiger charge is -2.35. The number of aromatic nitrogens is 1. The molecule has 0 radical (unpaired) electrons. The summed E-state index contributed by atoms with van der Waals surface area (Å²) in [5.74, 6) is -0.650. The topological polar surface area (TPSA) is 110 Å². The molecule has 6 rings (SSSR count).